The van der Waals surface area contributed by atoms with E-state index in [9.17, 15) is 9.90 Å². The summed E-state index contributed by atoms with van der Waals surface area (Å²) in [6.07, 6.45) is 7.77. The number of aryl methyl sites for hydroxylation is 2. The smallest absolute Gasteiger partial charge is 0.261 e. The highest BCUT2D eigenvalue weighted by Gasteiger charge is 2.26. The van der Waals surface area contributed by atoms with E-state index in [1.807, 2.05) is 0 Å². The van der Waals surface area contributed by atoms with Crippen LogP contribution < -0.4 is 5.32 Å². The zero-order chi connectivity index (χ0) is 15.3. The number of thiophene rings is 1. The lowest BCUT2D eigenvalue weighted by atomic mass is 9.83. The lowest BCUT2D eigenvalue weighted by molar-refractivity contribution is 0.0854. The van der Waals surface area contributed by atoms with Crippen LogP contribution in [0.5, 0.6) is 0 Å². The molecule has 1 aromatic heterocycles. The van der Waals surface area contributed by atoms with E-state index in [2.05, 4.69) is 25.2 Å². The van der Waals surface area contributed by atoms with E-state index < -0.39 is 0 Å². The number of aliphatic hydroxyl groups excluding tert-OH is 1. The summed E-state index contributed by atoms with van der Waals surface area (Å²) >= 11 is 1.66. The van der Waals surface area contributed by atoms with Gasteiger partial charge in [-0.1, -0.05) is 20.3 Å². The summed E-state index contributed by atoms with van der Waals surface area (Å²) in [5, 5.41) is 12.6. The molecule has 1 aliphatic carbocycles. The van der Waals surface area contributed by atoms with Crippen LogP contribution in [-0.4, -0.2) is 24.2 Å². The zero-order valence-electron chi connectivity index (χ0n) is 13.2. The molecule has 0 bridgehead atoms. The first-order chi connectivity index (χ1) is 10.1. The number of amides is 1. The largest absolute Gasteiger partial charge is 0.396 e. The van der Waals surface area contributed by atoms with Gasteiger partial charge in [-0.05, 0) is 50.2 Å². The standard InChI is InChI=1S/C17H27NO2S/c1-3-17(4-2,12-19)11-18-16(20)15-10-13-8-6-5-7-9-14(13)21-15/h10,19H,3-9,11-12H2,1-2H3,(H,18,20). The first-order valence-electron chi connectivity index (χ1n) is 8.15. The summed E-state index contributed by atoms with van der Waals surface area (Å²) in [4.78, 5) is 14.6. The Kier molecular flexibility index (Phi) is 5.82. The van der Waals surface area contributed by atoms with Crippen molar-refractivity contribution in [2.45, 2.75) is 58.8 Å². The number of aliphatic hydroxyl groups is 1. The molecule has 0 saturated heterocycles. The summed E-state index contributed by atoms with van der Waals surface area (Å²) in [7, 11) is 0. The van der Waals surface area contributed by atoms with Crippen molar-refractivity contribution in [2.24, 2.45) is 5.41 Å². The predicted molar refractivity (Wildman–Crippen MR) is 88.0 cm³/mol. The molecule has 4 heteroatoms. The molecule has 2 N–H and O–H groups in total. The van der Waals surface area contributed by atoms with Crippen LogP contribution in [0.15, 0.2) is 6.07 Å². The molecule has 3 nitrogen and oxygen atoms in total. The highest BCUT2D eigenvalue weighted by atomic mass is 32.1. The molecule has 0 aliphatic heterocycles. The Morgan fingerprint density at radius 2 is 2.00 bits per heavy atom. The summed E-state index contributed by atoms with van der Waals surface area (Å²) in [6.45, 7) is 4.82. The molecular formula is C17H27NO2S. The highest BCUT2D eigenvalue weighted by molar-refractivity contribution is 7.14. The minimum absolute atomic E-state index is 0.0211. The van der Waals surface area contributed by atoms with Crippen molar-refractivity contribution in [3.05, 3.63) is 21.4 Å². The molecule has 0 spiro atoms. The summed E-state index contributed by atoms with van der Waals surface area (Å²) in [5.41, 5.74) is 1.20. The minimum Gasteiger partial charge on any atom is -0.396 e. The van der Waals surface area contributed by atoms with Crippen molar-refractivity contribution >= 4 is 17.2 Å². The molecule has 0 aromatic carbocycles. The molecule has 1 amide bonds. The Morgan fingerprint density at radius 3 is 2.67 bits per heavy atom. The van der Waals surface area contributed by atoms with Crippen molar-refractivity contribution in [3.8, 4) is 0 Å². The second kappa shape index (κ2) is 7.41. The van der Waals surface area contributed by atoms with E-state index in [-0.39, 0.29) is 17.9 Å². The number of carbonyl (C=O) groups excluding carboxylic acids is 1. The van der Waals surface area contributed by atoms with Crippen LogP contribution in [0, 0.1) is 5.41 Å². The average Bonchev–Trinajstić information content (AvgIpc) is 2.80. The fourth-order valence-corrected chi connectivity index (χ4v) is 4.08. The van der Waals surface area contributed by atoms with E-state index >= 15 is 0 Å². The first-order valence-corrected chi connectivity index (χ1v) is 8.96. The Morgan fingerprint density at radius 1 is 1.29 bits per heavy atom. The van der Waals surface area contributed by atoms with E-state index in [1.54, 1.807) is 11.3 Å². The molecule has 21 heavy (non-hydrogen) atoms. The van der Waals surface area contributed by atoms with Crippen LogP contribution in [0.2, 0.25) is 0 Å². The van der Waals surface area contributed by atoms with Gasteiger partial charge < -0.3 is 10.4 Å². The number of hydrogen-bond donors (Lipinski definition) is 2. The number of carbonyl (C=O) groups is 1. The van der Waals surface area contributed by atoms with Gasteiger partial charge in [0.2, 0.25) is 0 Å². The van der Waals surface area contributed by atoms with E-state index in [0.717, 1.165) is 30.6 Å². The van der Waals surface area contributed by atoms with Crippen molar-refractivity contribution in [3.63, 3.8) is 0 Å². The monoisotopic (exact) mass is 309 g/mol. The van der Waals surface area contributed by atoms with Gasteiger partial charge in [-0.25, -0.2) is 0 Å². The van der Waals surface area contributed by atoms with Gasteiger partial charge in [0.15, 0.2) is 0 Å². The average molecular weight is 309 g/mol. The first kappa shape index (κ1) is 16.5. The molecule has 1 aliphatic rings. The second-order valence-electron chi connectivity index (χ2n) is 6.17. The third kappa shape index (κ3) is 3.86. The maximum atomic E-state index is 12.4. The van der Waals surface area contributed by atoms with Gasteiger partial charge in [0.25, 0.3) is 5.91 Å². The lowest BCUT2D eigenvalue weighted by Crippen LogP contribution is -2.39. The van der Waals surface area contributed by atoms with Crippen molar-refractivity contribution in [1.29, 1.82) is 0 Å². The number of rotatable bonds is 6. The third-order valence-corrected chi connectivity index (χ3v) is 6.17. The van der Waals surface area contributed by atoms with Crippen LogP contribution in [-0.2, 0) is 12.8 Å². The van der Waals surface area contributed by atoms with Crippen LogP contribution >= 0.6 is 11.3 Å². The second-order valence-corrected chi connectivity index (χ2v) is 7.30. The zero-order valence-corrected chi connectivity index (χ0v) is 14.0. The number of fused-ring (bicyclic) bond motifs is 1. The van der Waals surface area contributed by atoms with Gasteiger partial charge in [0, 0.05) is 16.8 Å². The molecule has 0 unspecified atom stereocenters. The summed E-state index contributed by atoms with van der Waals surface area (Å²) in [5.74, 6) is 0.0211. The van der Waals surface area contributed by atoms with Crippen LogP contribution in [0.25, 0.3) is 0 Å². The molecule has 118 valence electrons. The van der Waals surface area contributed by atoms with E-state index in [0.29, 0.717) is 6.54 Å². The van der Waals surface area contributed by atoms with Crippen molar-refractivity contribution in [1.82, 2.24) is 5.32 Å². The lowest BCUT2D eigenvalue weighted by Gasteiger charge is -2.29. The van der Waals surface area contributed by atoms with Gasteiger partial charge in [-0.2, -0.15) is 0 Å². The quantitative estimate of drug-likeness (QED) is 0.790. The topological polar surface area (TPSA) is 49.3 Å². The van der Waals surface area contributed by atoms with Crippen LogP contribution in [0.4, 0.5) is 0 Å². The number of hydrogen-bond acceptors (Lipinski definition) is 3. The highest BCUT2D eigenvalue weighted by Crippen LogP contribution is 2.29. The predicted octanol–water partition coefficient (Wildman–Crippen LogP) is 3.55. The van der Waals surface area contributed by atoms with Crippen LogP contribution in [0.1, 0.15) is 66.1 Å². The SMILES string of the molecule is CCC(CC)(CO)CNC(=O)c1cc2c(s1)CCCCC2. The number of nitrogens with one attached hydrogen (secondary N) is 1. The Hall–Kier alpha value is -0.870. The fraction of sp³-hybridized carbons (Fsp3) is 0.706. The maximum absolute atomic E-state index is 12.4. The molecule has 0 fully saturated rings. The minimum atomic E-state index is -0.177. The van der Waals surface area contributed by atoms with Crippen molar-refractivity contribution in [2.75, 3.05) is 13.2 Å². The molecule has 0 atom stereocenters. The molecule has 0 radical (unpaired) electrons. The summed E-state index contributed by atoms with van der Waals surface area (Å²) in [6, 6.07) is 2.08. The van der Waals surface area contributed by atoms with Gasteiger partial charge in [-0.3, -0.25) is 4.79 Å². The Balaban J connectivity index is 2.00. The van der Waals surface area contributed by atoms with Crippen LogP contribution in [0.3, 0.4) is 0 Å². The maximum Gasteiger partial charge on any atom is 0.261 e. The molecule has 1 heterocycles. The van der Waals surface area contributed by atoms with Crippen molar-refractivity contribution < 1.29 is 9.90 Å². The van der Waals surface area contributed by atoms with E-state index in [1.165, 1.54) is 29.7 Å². The van der Waals surface area contributed by atoms with E-state index in [4.69, 9.17) is 0 Å². The Labute approximate surface area is 131 Å². The van der Waals surface area contributed by atoms with Gasteiger partial charge >= 0.3 is 0 Å². The Bertz CT molecular complexity index is 445. The summed E-state index contributed by atoms with van der Waals surface area (Å²) < 4.78 is 0. The normalized spacial score (nSPS) is 15.4. The van der Waals surface area contributed by atoms with Gasteiger partial charge in [0.1, 0.15) is 0 Å². The molecular weight excluding hydrogens is 282 g/mol. The molecule has 1 aromatic rings. The third-order valence-electron chi connectivity index (χ3n) is 4.93. The van der Waals surface area contributed by atoms with Gasteiger partial charge in [0.05, 0.1) is 11.5 Å². The molecule has 2 rings (SSSR count). The molecule has 0 saturated carbocycles. The fourth-order valence-electron chi connectivity index (χ4n) is 2.91. The van der Waals surface area contributed by atoms with Gasteiger partial charge in [-0.15, -0.1) is 11.3 Å².